The van der Waals surface area contributed by atoms with Crippen LogP contribution in [0.2, 0.25) is 0 Å². The van der Waals surface area contributed by atoms with E-state index in [-0.39, 0.29) is 17.7 Å². The number of fused-ring (bicyclic) bond motifs is 1. The van der Waals surface area contributed by atoms with Gasteiger partial charge in [-0.2, -0.15) is 0 Å². The smallest absolute Gasteiger partial charge is 0.282 e. The number of carbonyl (C=O) groups excluding carboxylic acids is 2. The number of amides is 2. The van der Waals surface area contributed by atoms with Crippen molar-refractivity contribution in [2.24, 2.45) is 0 Å². The number of thioether (sulfide) groups is 1. The monoisotopic (exact) mass is 366 g/mol. The quantitative estimate of drug-likeness (QED) is 0.768. The second-order valence-corrected chi connectivity index (χ2v) is 7.24. The number of imidazole rings is 1. The minimum atomic E-state index is -0.222. The number of rotatable bonds is 4. The lowest BCUT2D eigenvalue weighted by molar-refractivity contribution is -0.116. The van der Waals surface area contributed by atoms with Crippen LogP contribution in [0.1, 0.15) is 5.56 Å². The fraction of sp³-hybridized carbons (Fsp3) is 0.211. The normalized spacial score (nSPS) is 14.2. The molecule has 1 fully saturated rings. The van der Waals surface area contributed by atoms with Gasteiger partial charge in [-0.15, -0.1) is 0 Å². The van der Waals surface area contributed by atoms with Gasteiger partial charge in [0, 0.05) is 24.1 Å². The second kappa shape index (κ2) is 6.84. The number of benzene rings is 1. The molecule has 132 valence electrons. The Morgan fingerprint density at radius 1 is 1.27 bits per heavy atom. The van der Waals surface area contributed by atoms with Gasteiger partial charge in [-0.3, -0.25) is 14.0 Å². The van der Waals surface area contributed by atoms with Gasteiger partial charge in [-0.25, -0.2) is 4.98 Å². The number of hydrogen-bond donors (Lipinski definition) is 1. The highest BCUT2D eigenvalue weighted by atomic mass is 32.2. The molecule has 1 N–H and O–H groups in total. The lowest BCUT2D eigenvalue weighted by Crippen LogP contribution is -2.33. The van der Waals surface area contributed by atoms with Gasteiger partial charge in [0.15, 0.2) is 0 Å². The van der Waals surface area contributed by atoms with E-state index in [0.717, 1.165) is 22.5 Å². The van der Waals surface area contributed by atoms with Gasteiger partial charge in [0.2, 0.25) is 5.91 Å². The van der Waals surface area contributed by atoms with Crippen molar-refractivity contribution in [1.82, 2.24) is 14.3 Å². The van der Waals surface area contributed by atoms with Crippen molar-refractivity contribution < 1.29 is 9.59 Å². The van der Waals surface area contributed by atoms with Gasteiger partial charge in [0.05, 0.1) is 0 Å². The summed E-state index contributed by atoms with van der Waals surface area (Å²) in [5.74, 6) is 1.13. The van der Waals surface area contributed by atoms with E-state index in [0.29, 0.717) is 18.1 Å². The molecule has 0 unspecified atom stereocenters. The molecule has 0 aliphatic carbocycles. The lowest BCUT2D eigenvalue weighted by atomic mass is 10.1. The van der Waals surface area contributed by atoms with E-state index in [9.17, 15) is 9.59 Å². The summed E-state index contributed by atoms with van der Waals surface area (Å²) < 4.78 is 1.87. The average Bonchev–Trinajstić information content (AvgIpc) is 3.19. The van der Waals surface area contributed by atoms with Crippen LogP contribution in [0.5, 0.6) is 0 Å². The summed E-state index contributed by atoms with van der Waals surface area (Å²) in [6.07, 6.45) is 1.90. The van der Waals surface area contributed by atoms with Crippen LogP contribution in [0.15, 0.2) is 48.7 Å². The minimum Gasteiger partial charge on any atom is -0.323 e. The van der Waals surface area contributed by atoms with Gasteiger partial charge in [0.25, 0.3) is 5.24 Å². The molecular weight excluding hydrogens is 348 g/mol. The first kappa shape index (κ1) is 16.7. The molecule has 0 spiro atoms. The molecule has 3 heterocycles. The molecule has 1 aromatic carbocycles. The van der Waals surface area contributed by atoms with Crippen LogP contribution in [0.25, 0.3) is 16.9 Å². The third-order valence-corrected chi connectivity index (χ3v) is 5.16. The number of anilines is 1. The van der Waals surface area contributed by atoms with Crippen molar-refractivity contribution in [1.29, 1.82) is 0 Å². The summed E-state index contributed by atoms with van der Waals surface area (Å²) in [5.41, 5.74) is 3.51. The van der Waals surface area contributed by atoms with Crippen LogP contribution in [-0.4, -0.2) is 44.3 Å². The summed E-state index contributed by atoms with van der Waals surface area (Å²) in [7, 11) is 0. The highest BCUT2D eigenvalue weighted by Gasteiger charge is 2.24. The maximum absolute atomic E-state index is 12.6. The summed E-state index contributed by atoms with van der Waals surface area (Å²) in [5, 5.41) is 2.91. The third-order valence-electron chi connectivity index (χ3n) is 4.27. The standard InChI is InChI=1S/C19H18N4O2S/c1-13-7-8-23-15(11-13)20-17(14-5-3-2-4-6-14)18(23)21-16(24)12-22-9-10-26-19(22)25/h2-8,11H,9-10,12H2,1H3,(H,21,24). The molecule has 26 heavy (non-hydrogen) atoms. The molecule has 7 heteroatoms. The summed E-state index contributed by atoms with van der Waals surface area (Å²) in [6.45, 7) is 2.67. The molecule has 0 radical (unpaired) electrons. The Morgan fingerprint density at radius 2 is 2.08 bits per heavy atom. The molecule has 1 aliphatic rings. The predicted octanol–water partition coefficient (Wildman–Crippen LogP) is 3.42. The molecular formula is C19H18N4O2S. The Balaban J connectivity index is 1.70. The molecule has 3 aromatic rings. The van der Waals surface area contributed by atoms with Crippen LogP contribution in [-0.2, 0) is 4.79 Å². The Hall–Kier alpha value is -2.80. The topological polar surface area (TPSA) is 66.7 Å². The lowest BCUT2D eigenvalue weighted by Gasteiger charge is -2.14. The molecule has 0 bridgehead atoms. The predicted molar refractivity (Wildman–Crippen MR) is 103 cm³/mol. The van der Waals surface area contributed by atoms with Crippen molar-refractivity contribution in [3.63, 3.8) is 0 Å². The van der Waals surface area contributed by atoms with Crippen molar-refractivity contribution in [2.75, 3.05) is 24.2 Å². The number of nitrogens with one attached hydrogen (secondary N) is 1. The number of carbonyl (C=O) groups is 2. The largest absolute Gasteiger partial charge is 0.323 e. The van der Waals surface area contributed by atoms with E-state index in [1.54, 1.807) is 4.90 Å². The molecule has 6 nitrogen and oxygen atoms in total. The summed E-state index contributed by atoms with van der Waals surface area (Å²) in [6, 6.07) is 13.7. The number of pyridine rings is 1. The SMILES string of the molecule is Cc1ccn2c(NC(=O)CN3CCSC3=O)c(-c3ccccc3)nc2c1. The van der Waals surface area contributed by atoms with Crippen molar-refractivity contribution in [2.45, 2.75) is 6.92 Å². The van der Waals surface area contributed by atoms with Crippen LogP contribution in [0.3, 0.4) is 0 Å². The number of hydrogen-bond acceptors (Lipinski definition) is 4. The minimum absolute atomic E-state index is 0.0443. The zero-order valence-electron chi connectivity index (χ0n) is 14.3. The van der Waals surface area contributed by atoms with E-state index in [2.05, 4.69) is 5.32 Å². The first-order valence-electron chi connectivity index (χ1n) is 8.37. The van der Waals surface area contributed by atoms with Gasteiger partial charge in [-0.1, -0.05) is 42.1 Å². The number of nitrogens with zero attached hydrogens (tertiary/aromatic N) is 3. The van der Waals surface area contributed by atoms with Crippen molar-refractivity contribution in [3.05, 3.63) is 54.2 Å². The molecule has 1 saturated heterocycles. The van der Waals surface area contributed by atoms with E-state index in [4.69, 9.17) is 4.98 Å². The van der Waals surface area contributed by atoms with E-state index in [1.165, 1.54) is 11.8 Å². The van der Waals surface area contributed by atoms with Crippen molar-refractivity contribution >= 4 is 34.4 Å². The second-order valence-electron chi connectivity index (χ2n) is 6.19. The molecule has 4 rings (SSSR count). The fourth-order valence-corrected chi connectivity index (χ4v) is 3.80. The maximum atomic E-state index is 12.6. The number of aryl methyl sites for hydroxylation is 1. The summed E-state index contributed by atoms with van der Waals surface area (Å²) >= 11 is 1.25. The first-order valence-corrected chi connectivity index (χ1v) is 9.36. The average molecular weight is 366 g/mol. The van der Waals surface area contributed by atoms with Gasteiger partial charge in [0.1, 0.15) is 23.7 Å². The zero-order valence-corrected chi connectivity index (χ0v) is 15.1. The van der Waals surface area contributed by atoms with Crippen LogP contribution < -0.4 is 5.32 Å². The Bertz CT molecular complexity index is 984. The van der Waals surface area contributed by atoms with Crippen molar-refractivity contribution in [3.8, 4) is 11.3 Å². The molecule has 0 atom stereocenters. The Kier molecular flexibility index (Phi) is 4.38. The highest BCUT2D eigenvalue weighted by molar-refractivity contribution is 8.13. The Labute approximate surface area is 155 Å². The molecule has 2 aromatic heterocycles. The summed E-state index contributed by atoms with van der Waals surface area (Å²) in [4.78, 5) is 30.6. The molecule has 2 amide bonds. The van der Waals surface area contributed by atoms with Crippen LogP contribution >= 0.6 is 11.8 Å². The van der Waals surface area contributed by atoms with E-state index >= 15 is 0 Å². The fourth-order valence-electron chi connectivity index (χ4n) is 2.98. The van der Waals surface area contributed by atoms with Gasteiger partial charge >= 0.3 is 0 Å². The molecule has 0 saturated carbocycles. The third kappa shape index (κ3) is 3.17. The molecule has 1 aliphatic heterocycles. The Morgan fingerprint density at radius 3 is 2.81 bits per heavy atom. The first-order chi connectivity index (χ1) is 12.6. The maximum Gasteiger partial charge on any atom is 0.282 e. The van der Waals surface area contributed by atoms with Gasteiger partial charge in [-0.05, 0) is 24.6 Å². The van der Waals surface area contributed by atoms with E-state index in [1.807, 2.05) is 60.0 Å². The highest BCUT2D eigenvalue weighted by Crippen LogP contribution is 2.29. The number of aromatic nitrogens is 2. The van der Waals surface area contributed by atoms with Gasteiger partial charge < -0.3 is 10.2 Å². The van der Waals surface area contributed by atoms with Crippen LogP contribution in [0.4, 0.5) is 10.6 Å². The zero-order chi connectivity index (χ0) is 18.1. The van der Waals surface area contributed by atoms with Crippen LogP contribution in [0, 0.1) is 6.92 Å². The van der Waals surface area contributed by atoms with E-state index < -0.39 is 0 Å².